The highest BCUT2D eigenvalue weighted by atomic mass is 19.1. The summed E-state index contributed by atoms with van der Waals surface area (Å²) in [5.41, 5.74) is 0.727. The second-order valence-corrected chi connectivity index (χ2v) is 2.76. The molecule has 1 N–H and O–H groups in total. The van der Waals surface area contributed by atoms with Crippen molar-refractivity contribution in [1.82, 2.24) is 10.3 Å². The van der Waals surface area contributed by atoms with E-state index in [2.05, 4.69) is 10.3 Å². The average Bonchev–Trinajstić information content (AvgIpc) is 2.16. The molecule has 13 heavy (non-hydrogen) atoms. The second kappa shape index (κ2) is 4.18. The number of hydrogen-bond acceptors (Lipinski definition) is 3. The molecule has 0 fully saturated rings. The third-order valence-corrected chi connectivity index (χ3v) is 1.94. The van der Waals surface area contributed by atoms with Crippen LogP contribution < -0.4 is 10.1 Å². The smallest absolute Gasteiger partial charge is 0.218 e. The van der Waals surface area contributed by atoms with Crippen LogP contribution in [0, 0.1) is 5.82 Å². The Morgan fingerprint density at radius 2 is 2.31 bits per heavy atom. The van der Waals surface area contributed by atoms with E-state index in [1.807, 2.05) is 6.92 Å². The van der Waals surface area contributed by atoms with Crippen LogP contribution in [0.25, 0.3) is 0 Å². The summed E-state index contributed by atoms with van der Waals surface area (Å²) < 4.78 is 17.8. The molecule has 0 amide bonds. The van der Waals surface area contributed by atoms with E-state index in [9.17, 15) is 4.39 Å². The Labute approximate surface area is 76.9 Å². The van der Waals surface area contributed by atoms with Gasteiger partial charge in [0.1, 0.15) is 5.82 Å². The van der Waals surface area contributed by atoms with Gasteiger partial charge in [0.25, 0.3) is 0 Å². The van der Waals surface area contributed by atoms with Crippen LogP contribution in [0.5, 0.6) is 5.88 Å². The van der Waals surface area contributed by atoms with Gasteiger partial charge in [0.05, 0.1) is 13.3 Å². The van der Waals surface area contributed by atoms with Crippen molar-refractivity contribution in [3.8, 4) is 5.88 Å². The number of nitrogens with zero attached hydrogens (tertiary/aromatic N) is 1. The van der Waals surface area contributed by atoms with Gasteiger partial charge in [-0.15, -0.1) is 0 Å². The lowest BCUT2D eigenvalue weighted by Crippen LogP contribution is -2.14. The lowest BCUT2D eigenvalue weighted by Gasteiger charge is -2.13. The third kappa shape index (κ3) is 2.15. The molecule has 0 aliphatic rings. The van der Waals surface area contributed by atoms with E-state index in [1.54, 1.807) is 7.05 Å². The summed E-state index contributed by atoms with van der Waals surface area (Å²) >= 11 is 0. The molecule has 0 saturated carbocycles. The fourth-order valence-corrected chi connectivity index (χ4v) is 1.08. The summed E-state index contributed by atoms with van der Waals surface area (Å²) in [6, 6.07) is 1.45. The van der Waals surface area contributed by atoms with Crippen LogP contribution in [0.1, 0.15) is 18.5 Å². The topological polar surface area (TPSA) is 34.2 Å². The van der Waals surface area contributed by atoms with Crippen LogP contribution in [0.15, 0.2) is 12.3 Å². The first-order valence-corrected chi connectivity index (χ1v) is 4.05. The number of hydrogen-bond donors (Lipinski definition) is 1. The molecule has 4 heteroatoms. The molecule has 72 valence electrons. The normalized spacial score (nSPS) is 12.6. The van der Waals surface area contributed by atoms with Crippen molar-refractivity contribution in [2.45, 2.75) is 13.0 Å². The molecule has 0 aliphatic carbocycles. The first kappa shape index (κ1) is 9.92. The summed E-state index contributed by atoms with van der Waals surface area (Å²) in [6.45, 7) is 1.92. The molecule has 1 atom stereocenters. The van der Waals surface area contributed by atoms with Crippen LogP contribution in [-0.4, -0.2) is 19.1 Å². The molecular formula is C9H13FN2O. The van der Waals surface area contributed by atoms with E-state index in [4.69, 9.17) is 4.74 Å². The lowest BCUT2D eigenvalue weighted by atomic mass is 10.1. The van der Waals surface area contributed by atoms with Crippen LogP contribution in [0.2, 0.25) is 0 Å². The summed E-state index contributed by atoms with van der Waals surface area (Å²) in [5.74, 6) is 0.112. The van der Waals surface area contributed by atoms with Gasteiger partial charge >= 0.3 is 0 Å². The summed E-state index contributed by atoms with van der Waals surface area (Å²) in [4.78, 5) is 3.83. The molecule has 0 unspecified atom stereocenters. The zero-order valence-corrected chi connectivity index (χ0v) is 7.97. The maximum absolute atomic E-state index is 12.8. The highest BCUT2D eigenvalue weighted by molar-refractivity contribution is 5.28. The Balaban J connectivity index is 3.07. The van der Waals surface area contributed by atoms with Crippen LogP contribution in [-0.2, 0) is 0 Å². The van der Waals surface area contributed by atoms with Crippen molar-refractivity contribution in [3.05, 3.63) is 23.6 Å². The van der Waals surface area contributed by atoms with E-state index in [1.165, 1.54) is 13.2 Å². The molecule has 1 aromatic heterocycles. The minimum atomic E-state index is -0.349. The molecule has 0 aliphatic heterocycles. The summed E-state index contributed by atoms with van der Waals surface area (Å²) in [5, 5.41) is 3.00. The Morgan fingerprint density at radius 1 is 1.62 bits per heavy atom. The van der Waals surface area contributed by atoms with Crippen molar-refractivity contribution in [1.29, 1.82) is 0 Å². The number of ether oxygens (including phenoxy) is 1. The Bertz CT molecular complexity index is 291. The molecule has 0 spiro atoms. The number of halogens is 1. The maximum atomic E-state index is 12.8. The first-order valence-electron chi connectivity index (χ1n) is 4.05. The molecule has 0 bridgehead atoms. The molecule has 0 radical (unpaired) electrons. The van der Waals surface area contributed by atoms with E-state index in [0.717, 1.165) is 11.8 Å². The van der Waals surface area contributed by atoms with E-state index < -0.39 is 0 Å². The molecule has 1 heterocycles. The first-order chi connectivity index (χ1) is 6.19. The monoisotopic (exact) mass is 184 g/mol. The largest absolute Gasteiger partial charge is 0.481 e. The third-order valence-electron chi connectivity index (χ3n) is 1.94. The second-order valence-electron chi connectivity index (χ2n) is 2.76. The molecule has 0 aromatic carbocycles. The fourth-order valence-electron chi connectivity index (χ4n) is 1.08. The Hall–Kier alpha value is -1.16. The molecule has 3 nitrogen and oxygen atoms in total. The highest BCUT2D eigenvalue weighted by Gasteiger charge is 2.11. The predicted octanol–water partition coefficient (Wildman–Crippen LogP) is 1.51. The Kier molecular flexibility index (Phi) is 3.19. The van der Waals surface area contributed by atoms with Gasteiger partial charge in [-0.3, -0.25) is 0 Å². The average molecular weight is 184 g/mol. The van der Waals surface area contributed by atoms with Gasteiger partial charge in [-0.05, 0) is 20.0 Å². The number of rotatable bonds is 3. The number of pyridine rings is 1. The van der Waals surface area contributed by atoms with Gasteiger partial charge in [-0.25, -0.2) is 9.37 Å². The van der Waals surface area contributed by atoms with Crippen molar-refractivity contribution < 1.29 is 9.13 Å². The number of aromatic nitrogens is 1. The maximum Gasteiger partial charge on any atom is 0.218 e. The van der Waals surface area contributed by atoms with E-state index >= 15 is 0 Å². The lowest BCUT2D eigenvalue weighted by molar-refractivity contribution is 0.384. The van der Waals surface area contributed by atoms with Crippen LogP contribution in [0.4, 0.5) is 4.39 Å². The minimum Gasteiger partial charge on any atom is -0.481 e. The zero-order chi connectivity index (χ0) is 9.84. The van der Waals surface area contributed by atoms with E-state index in [-0.39, 0.29) is 11.9 Å². The van der Waals surface area contributed by atoms with E-state index in [0.29, 0.717) is 5.88 Å². The van der Waals surface area contributed by atoms with Gasteiger partial charge in [-0.1, -0.05) is 0 Å². The molecule has 1 aromatic rings. The zero-order valence-electron chi connectivity index (χ0n) is 7.97. The van der Waals surface area contributed by atoms with Crippen molar-refractivity contribution in [2.24, 2.45) is 0 Å². The standard InChI is InChI=1S/C9H13FN2O/c1-6(11-2)8-4-7(10)5-12-9(8)13-3/h4-6,11H,1-3H3/t6-/m0/s1. The number of methoxy groups -OCH3 is 1. The van der Waals surface area contributed by atoms with Gasteiger partial charge in [0.15, 0.2) is 0 Å². The molecule has 0 saturated heterocycles. The SMILES string of the molecule is CN[C@@H](C)c1cc(F)cnc1OC. The van der Waals surface area contributed by atoms with Crippen LogP contribution in [0.3, 0.4) is 0 Å². The van der Waals surface area contributed by atoms with Crippen molar-refractivity contribution in [3.63, 3.8) is 0 Å². The number of nitrogens with one attached hydrogen (secondary N) is 1. The Morgan fingerprint density at radius 3 is 2.85 bits per heavy atom. The van der Waals surface area contributed by atoms with Gasteiger partial charge in [-0.2, -0.15) is 0 Å². The highest BCUT2D eigenvalue weighted by Crippen LogP contribution is 2.22. The quantitative estimate of drug-likeness (QED) is 0.773. The van der Waals surface area contributed by atoms with Gasteiger partial charge in [0.2, 0.25) is 5.88 Å². The fraction of sp³-hybridized carbons (Fsp3) is 0.444. The summed E-state index contributed by atoms with van der Waals surface area (Å²) in [6.07, 6.45) is 1.14. The predicted molar refractivity (Wildman–Crippen MR) is 48.2 cm³/mol. The van der Waals surface area contributed by atoms with Crippen molar-refractivity contribution >= 4 is 0 Å². The van der Waals surface area contributed by atoms with Crippen LogP contribution >= 0.6 is 0 Å². The van der Waals surface area contributed by atoms with Crippen molar-refractivity contribution in [2.75, 3.05) is 14.2 Å². The molecule has 1 rings (SSSR count). The van der Waals surface area contributed by atoms with Gasteiger partial charge in [0, 0.05) is 11.6 Å². The minimum absolute atomic E-state index is 0.0261. The van der Waals surface area contributed by atoms with Gasteiger partial charge < -0.3 is 10.1 Å². The molecular weight excluding hydrogens is 171 g/mol. The summed E-state index contributed by atoms with van der Waals surface area (Å²) in [7, 11) is 3.32.